The number of aliphatic hydroxyl groups is 3. The van der Waals surface area contributed by atoms with Gasteiger partial charge in [0.2, 0.25) is 0 Å². The summed E-state index contributed by atoms with van der Waals surface area (Å²) in [6.07, 6.45) is -1.88. The second kappa shape index (κ2) is 9.09. The van der Waals surface area contributed by atoms with Gasteiger partial charge in [-0.2, -0.15) is 4.39 Å². The van der Waals surface area contributed by atoms with E-state index in [0.29, 0.717) is 25.5 Å². The van der Waals surface area contributed by atoms with Crippen LogP contribution >= 0.6 is 46.3 Å². The molecule has 7 nitrogen and oxygen atoms in total. The van der Waals surface area contributed by atoms with Crippen molar-refractivity contribution in [2.75, 3.05) is 6.61 Å². The topological polar surface area (TPSA) is 101 Å². The summed E-state index contributed by atoms with van der Waals surface area (Å²) in [4.78, 5) is 1.25. The number of benzene rings is 1. The van der Waals surface area contributed by atoms with Crippen LogP contribution in [0.1, 0.15) is 6.04 Å². The molecule has 3 N–H and O–H groups in total. The molecule has 0 saturated carbocycles. The average molecular weight is 492 g/mol. The number of thiophene rings is 1. The third-order valence-electron chi connectivity index (χ3n) is 4.63. The molecule has 0 spiro atoms. The Morgan fingerprint density at radius 2 is 1.97 bits per heavy atom. The Hall–Kier alpha value is -1.24. The molecule has 1 aliphatic heterocycles. The van der Waals surface area contributed by atoms with Crippen LogP contribution in [0.2, 0.25) is 10.0 Å². The standard InChI is InChI=1S/C18H16Cl2FN3O4S2/c19-9-2-1-8(5-10(9)20)29-18-17(27)15(16(26)12(7-25)28-18)24-6-11(22-23-24)13-3-4-14(21)30-13/h1-6,12,15-18,25-27H,7H2/t12-,15+,16+,17-,18-/m1/s1. The van der Waals surface area contributed by atoms with Gasteiger partial charge in [-0.3, -0.25) is 0 Å². The minimum Gasteiger partial charge on any atom is -0.394 e. The van der Waals surface area contributed by atoms with Crippen LogP contribution in [0.15, 0.2) is 41.4 Å². The first-order valence-electron chi connectivity index (χ1n) is 8.79. The normalized spacial score (nSPS) is 26.8. The molecule has 30 heavy (non-hydrogen) atoms. The van der Waals surface area contributed by atoms with Crippen molar-refractivity contribution in [1.82, 2.24) is 15.0 Å². The van der Waals surface area contributed by atoms with Crippen LogP contribution in [0.4, 0.5) is 4.39 Å². The Bertz CT molecular complexity index is 1040. The molecule has 0 aliphatic carbocycles. The predicted molar refractivity (Wildman–Crippen MR) is 112 cm³/mol. The lowest BCUT2D eigenvalue weighted by Gasteiger charge is -2.41. The molecule has 2 aromatic heterocycles. The molecule has 5 atom stereocenters. The number of aromatic nitrogens is 3. The molecule has 0 bridgehead atoms. The fourth-order valence-electron chi connectivity index (χ4n) is 3.15. The van der Waals surface area contributed by atoms with E-state index in [-0.39, 0.29) is 5.13 Å². The van der Waals surface area contributed by atoms with Crippen molar-refractivity contribution in [3.63, 3.8) is 0 Å². The second-order valence-electron chi connectivity index (χ2n) is 6.58. The summed E-state index contributed by atoms with van der Waals surface area (Å²) in [7, 11) is 0. The van der Waals surface area contributed by atoms with E-state index in [1.54, 1.807) is 24.3 Å². The molecule has 0 amide bonds. The maximum atomic E-state index is 13.3. The van der Waals surface area contributed by atoms with Crippen LogP contribution in [0.25, 0.3) is 10.6 Å². The summed E-state index contributed by atoms with van der Waals surface area (Å²) in [5.74, 6) is 0. The Morgan fingerprint density at radius 1 is 1.17 bits per heavy atom. The van der Waals surface area contributed by atoms with Crippen molar-refractivity contribution in [2.45, 2.75) is 34.7 Å². The zero-order valence-electron chi connectivity index (χ0n) is 15.1. The van der Waals surface area contributed by atoms with Gasteiger partial charge >= 0.3 is 0 Å². The maximum absolute atomic E-state index is 13.3. The highest BCUT2D eigenvalue weighted by atomic mass is 35.5. The van der Waals surface area contributed by atoms with Crippen molar-refractivity contribution in [2.24, 2.45) is 0 Å². The molecule has 1 aromatic carbocycles. The first-order valence-corrected chi connectivity index (χ1v) is 11.2. The Labute approximate surface area is 189 Å². The van der Waals surface area contributed by atoms with Gasteiger partial charge < -0.3 is 20.1 Å². The van der Waals surface area contributed by atoms with Gasteiger partial charge in [-0.1, -0.05) is 40.2 Å². The fourth-order valence-corrected chi connectivity index (χ4v) is 5.29. The number of rotatable bonds is 5. The summed E-state index contributed by atoms with van der Waals surface area (Å²) < 4.78 is 20.3. The Balaban J connectivity index is 1.61. The molecule has 1 aliphatic rings. The third kappa shape index (κ3) is 4.37. The Morgan fingerprint density at radius 3 is 2.63 bits per heavy atom. The van der Waals surface area contributed by atoms with Gasteiger partial charge in [0.05, 0.1) is 27.7 Å². The minimum atomic E-state index is -1.25. The number of halogens is 3. The fraction of sp³-hybridized carbons (Fsp3) is 0.333. The van der Waals surface area contributed by atoms with Crippen LogP contribution in [0.3, 0.4) is 0 Å². The molecular formula is C18H16Cl2FN3O4S2. The van der Waals surface area contributed by atoms with E-state index in [1.807, 2.05) is 0 Å². The van der Waals surface area contributed by atoms with Gasteiger partial charge in [0.25, 0.3) is 0 Å². The molecule has 0 radical (unpaired) electrons. The average Bonchev–Trinajstić information content (AvgIpc) is 3.36. The zero-order chi connectivity index (χ0) is 21.4. The van der Waals surface area contributed by atoms with Crippen LogP contribution < -0.4 is 0 Å². The molecule has 4 rings (SSSR count). The smallest absolute Gasteiger partial charge is 0.177 e. The van der Waals surface area contributed by atoms with Crippen molar-refractivity contribution < 1.29 is 24.4 Å². The largest absolute Gasteiger partial charge is 0.394 e. The number of thioether (sulfide) groups is 1. The van der Waals surface area contributed by atoms with Gasteiger partial charge in [0.1, 0.15) is 35.5 Å². The molecule has 0 unspecified atom stereocenters. The van der Waals surface area contributed by atoms with Gasteiger partial charge in [-0.15, -0.1) is 16.4 Å². The van der Waals surface area contributed by atoms with E-state index in [4.69, 9.17) is 27.9 Å². The van der Waals surface area contributed by atoms with Crippen LogP contribution in [-0.4, -0.2) is 60.7 Å². The number of aliphatic hydroxyl groups excluding tert-OH is 3. The first kappa shape index (κ1) is 22.0. The van der Waals surface area contributed by atoms with Crippen LogP contribution in [-0.2, 0) is 4.74 Å². The highest BCUT2D eigenvalue weighted by molar-refractivity contribution is 7.99. The van der Waals surface area contributed by atoms with E-state index >= 15 is 0 Å². The first-order chi connectivity index (χ1) is 14.4. The van der Waals surface area contributed by atoms with Crippen molar-refractivity contribution in [1.29, 1.82) is 0 Å². The molecule has 1 saturated heterocycles. The highest BCUT2D eigenvalue weighted by Crippen LogP contribution is 2.39. The monoisotopic (exact) mass is 491 g/mol. The Kier molecular flexibility index (Phi) is 6.66. The lowest BCUT2D eigenvalue weighted by Crippen LogP contribution is -2.55. The number of hydrogen-bond acceptors (Lipinski definition) is 8. The van der Waals surface area contributed by atoms with Crippen molar-refractivity contribution >= 4 is 46.3 Å². The molecule has 3 heterocycles. The summed E-state index contributed by atoms with van der Waals surface area (Å²) in [6, 6.07) is 6.94. The minimum absolute atomic E-state index is 0.353. The van der Waals surface area contributed by atoms with E-state index in [2.05, 4.69) is 10.3 Å². The second-order valence-corrected chi connectivity index (χ2v) is 9.60. The molecule has 1 fully saturated rings. The lowest BCUT2D eigenvalue weighted by molar-refractivity contribution is -0.178. The summed E-state index contributed by atoms with van der Waals surface area (Å²) in [5.41, 5.74) is -0.427. The zero-order valence-corrected chi connectivity index (χ0v) is 18.2. The van der Waals surface area contributed by atoms with Gasteiger partial charge in [0.15, 0.2) is 5.13 Å². The molecule has 12 heteroatoms. The summed E-state index contributed by atoms with van der Waals surface area (Å²) in [6.45, 7) is -0.458. The molecular weight excluding hydrogens is 476 g/mol. The van der Waals surface area contributed by atoms with Crippen molar-refractivity contribution in [3.8, 4) is 10.6 Å². The van der Waals surface area contributed by atoms with Gasteiger partial charge in [-0.25, -0.2) is 4.68 Å². The molecule has 3 aromatic rings. The summed E-state index contributed by atoms with van der Waals surface area (Å²) >= 11 is 14.1. The van der Waals surface area contributed by atoms with E-state index in [9.17, 15) is 19.7 Å². The summed E-state index contributed by atoms with van der Waals surface area (Å²) in [5, 5.41) is 39.7. The number of ether oxygens (including phenoxy) is 1. The maximum Gasteiger partial charge on any atom is 0.177 e. The number of nitrogens with zero attached hydrogens (tertiary/aromatic N) is 3. The van der Waals surface area contributed by atoms with Gasteiger partial charge in [-0.05, 0) is 30.3 Å². The number of hydrogen-bond donors (Lipinski definition) is 3. The molecule has 160 valence electrons. The lowest BCUT2D eigenvalue weighted by atomic mass is 9.97. The van der Waals surface area contributed by atoms with E-state index < -0.39 is 36.4 Å². The quantitative estimate of drug-likeness (QED) is 0.503. The third-order valence-corrected chi connectivity index (χ3v) is 7.42. The van der Waals surface area contributed by atoms with E-state index in [1.165, 1.54) is 28.7 Å². The highest BCUT2D eigenvalue weighted by Gasteiger charge is 2.46. The van der Waals surface area contributed by atoms with Gasteiger partial charge in [0, 0.05) is 4.90 Å². The van der Waals surface area contributed by atoms with E-state index in [0.717, 1.165) is 11.3 Å². The van der Waals surface area contributed by atoms with Crippen LogP contribution in [0, 0.1) is 5.13 Å². The van der Waals surface area contributed by atoms with Crippen LogP contribution in [0.5, 0.6) is 0 Å². The predicted octanol–water partition coefficient (Wildman–Crippen LogP) is 3.22. The van der Waals surface area contributed by atoms with Crippen molar-refractivity contribution in [3.05, 3.63) is 51.7 Å². The SMILES string of the molecule is OC[C@H]1O[C@H](Sc2ccc(Cl)c(Cl)c2)[C@H](O)[C@@H](n2cc(-c3ccc(F)s3)nn2)[C@H]1O.